The zero-order chi connectivity index (χ0) is 11.4. The summed E-state index contributed by atoms with van der Waals surface area (Å²) < 4.78 is 4.42. The molecule has 1 atom stereocenters. The van der Waals surface area contributed by atoms with Crippen LogP contribution >= 0.6 is 11.3 Å². The summed E-state index contributed by atoms with van der Waals surface area (Å²) >= 11 is 1.20. The van der Waals surface area contributed by atoms with Crippen LogP contribution in [-0.2, 0) is 14.3 Å². The number of Topliss-reactive ketones (excluding diaryl/α,β-unsaturated/α-hetero) is 2. The summed E-state index contributed by atoms with van der Waals surface area (Å²) in [6, 6.07) is 3.26. The molecule has 80 valence electrons. The van der Waals surface area contributed by atoms with E-state index in [0.717, 1.165) is 7.11 Å². The lowest BCUT2D eigenvalue weighted by Crippen LogP contribution is -2.31. The Labute approximate surface area is 90.9 Å². The van der Waals surface area contributed by atoms with Crippen LogP contribution in [0.25, 0.3) is 0 Å². The number of hydrogen-bond acceptors (Lipinski definition) is 5. The van der Waals surface area contributed by atoms with Gasteiger partial charge in [-0.2, -0.15) is 0 Å². The molecule has 1 aromatic heterocycles. The fourth-order valence-corrected chi connectivity index (χ4v) is 1.83. The van der Waals surface area contributed by atoms with Crippen molar-refractivity contribution < 1.29 is 19.1 Å². The summed E-state index contributed by atoms with van der Waals surface area (Å²) in [5.41, 5.74) is 0. The maximum Gasteiger partial charge on any atom is 0.324 e. The molecular formula is C10H10O4S. The molecule has 0 amide bonds. The third-order valence-corrected chi connectivity index (χ3v) is 2.75. The fourth-order valence-electron chi connectivity index (χ4n) is 1.14. The van der Waals surface area contributed by atoms with E-state index in [2.05, 4.69) is 4.74 Å². The van der Waals surface area contributed by atoms with Gasteiger partial charge in [-0.05, 0) is 18.4 Å². The maximum absolute atomic E-state index is 11.7. The first-order valence-electron chi connectivity index (χ1n) is 4.24. The standard InChI is InChI=1S/C10H10O4S/c1-6(11)8(10(13)14-2)9(12)7-4-3-5-15-7/h3-5,8H,1-2H3/t8-/m0/s1. The highest BCUT2D eigenvalue weighted by Crippen LogP contribution is 2.16. The van der Waals surface area contributed by atoms with Gasteiger partial charge >= 0.3 is 5.97 Å². The number of carbonyl (C=O) groups is 3. The lowest BCUT2D eigenvalue weighted by atomic mass is 9.99. The predicted molar refractivity (Wildman–Crippen MR) is 54.8 cm³/mol. The molecule has 0 spiro atoms. The average Bonchev–Trinajstić information content (AvgIpc) is 2.69. The second-order valence-corrected chi connectivity index (χ2v) is 3.86. The Hall–Kier alpha value is -1.49. The van der Waals surface area contributed by atoms with E-state index in [4.69, 9.17) is 0 Å². The zero-order valence-corrected chi connectivity index (χ0v) is 9.17. The molecule has 0 bridgehead atoms. The number of methoxy groups -OCH3 is 1. The first-order valence-corrected chi connectivity index (χ1v) is 5.12. The van der Waals surface area contributed by atoms with E-state index in [1.807, 2.05) is 0 Å². The largest absolute Gasteiger partial charge is 0.468 e. The normalized spacial score (nSPS) is 11.9. The first-order chi connectivity index (χ1) is 7.07. The minimum Gasteiger partial charge on any atom is -0.468 e. The van der Waals surface area contributed by atoms with Gasteiger partial charge in [0.15, 0.2) is 17.5 Å². The van der Waals surface area contributed by atoms with Crippen LogP contribution in [0.2, 0.25) is 0 Å². The summed E-state index contributed by atoms with van der Waals surface area (Å²) in [4.78, 5) is 34.5. The Kier molecular flexibility index (Phi) is 3.74. The van der Waals surface area contributed by atoms with Crippen molar-refractivity contribution in [1.82, 2.24) is 0 Å². The number of ketones is 2. The van der Waals surface area contributed by atoms with Gasteiger partial charge in [-0.3, -0.25) is 14.4 Å². The molecule has 0 aliphatic carbocycles. The van der Waals surface area contributed by atoms with Crippen molar-refractivity contribution in [1.29, 1.82) is 0 Å². The van der Waals surface area contributed by atoms with E-state index in [-0.39, 0.29) is 0 Å². The summed E-state index contributed by atoms with van der Waals surface area (Å²) in [6.45, 7) is 1.20. The molecule has 0 radical (unpaired) electrons. The first kappa shape index (κ1) is 11.6. The second-order valence-electron chi connectivity index (χ2n) is 2.91. The van der Waals surface area contributed by atoms with Crippen molar-refractivity contribution in [3.05, 3.63) is 22.4 Å². The molecule has 1 rings (SSSR count). The van der Waals surface area contributed by atoms with Gasteiger partial charge in [0.1, 0.15) is 0 Å². The van der Waals surface area contributed by atoms with Crippen molar-refractivity contribution in [2.75, 3.05) is 7.11 Å². The van der Waals surface area contributed by atoms with E-state index in [1.54, 1.807) is 17.5 Å². The van der Waals surface area contributed by atoms with E-state index in [1.165, 1.54) is 18.3 Å². The Balaban J connectivity index is 2.96. The molecule has 0 saturated carbocycles. The summed E-state index contributed by atoms with van der Waals surface area (Å²) in [7, 11) is 1.15. The monoisotopic (exact) mass is 226 g/mol. The maximum atomic E-state index is 11.7. The number of rotatable bonds is 4. The molecule has 0 N–H and O–H groups in total. The highest BCUT2D eigenvalue weighted by Gasteiger charge is 2.33. The number of esters is 1. The predicted octanol–water partition coefficient (Wildman–Crippen LogP) is 1.31. The minimum absolute atomic E-state index is 0.389. The van der Waals surface area contributed by atoms with Gasteiger partial charge < -0.3 is 4.74 Å². The molecule has 0 aliphatic rings. The van der Waals surface area contributed by atoms with Gasteiger partial charge in [-0.15, -0.1) is 11.3 Å². The molecule has 0 aromatic carbocycles. The zero-order valence-electron chi connectivity index (χ0n) is 8.35. The molecule has 4 nitrogen and oxygen atoms in total. The van der Waals surface area contributed by atoms with Gasteiger partial charge in [0.2, 0.25) is 0 Å². The third kappa shape index (κ3) is 2.50. The van der Waals surface area contributed by atoms with Gasteiger partial charge in [-0.1, -0.05) is 6.07 Å². The van der Waals surface area contributed by atoms with Crippen molar-refractivity contribution in [2.24, 2.45) is 5.92 Å². The van der Waals surface area contributed by atoms with E-state index in [0.29, 0.717) is 4.88 Å². The average molecular weight is 226 g/mol. The summed E-state index contributed by atoms with van der Waals surface area (Å²) in [5.74, 6) is -3.13. The molecule has 0 aliphatic heterocycles. The minimum atomic E-state index is -1.33. The lowest BCUT2D eigenvalue weighted by molar-refractivity contribution is -0.146. The Morgan fingerprint density at radius 3 is 2.47 bits per heavy atom. The van der Waals surface area contributed by atoms with Crippen molar-refractivity contribution in [2.45, 2.75) is 6.92 Å². The van der Waals surface area contributed by atoms with Crippen molar-refractivity contribution in [3.8, 4) is 0 Å². The van der Waals surface area contributed by atoms with Crippen LogP contribution in [-0.4, -0.2) is 24.6 Å². The van der Waals surface area contributed by atoms with Crippen LogP contribution in [0.4, 0.5) is 0 Å². The third-order valence-electron chi connectivity index (χ3n) is 1.87. The molecule has 0 fully saturated rings. The van der Waals surface area contributed by atoms with E-state index >= 15 is 0 Å². The lowest BCUT2D eigenvalue weighted by Gasteiger charge is -2.08. The van der Waals surface area contributed by atoms with Crippen molar-refractivity contribution >= 4 is 28.9 Å². The van der Waals surface area contributed by atoms with Crippen LogP contribution in [0, 0.1) is 5.92 Å². The Bertz CT molecular complexity index is 380. The molecule has 5 heteroatoms. The van der Waals surface area contributed by atoms with Gasteiger partial charge in [0.25, 0.3) is 0 Å². The molecule has 1 aromatic rings. The van der Waals surface area contributed by atoms with Crippen LogP contribution < -0.4 is 0 Å². The van der Waals surface area contributed by atoms with E-state index < -0.39 is 23.5 Å². The topological polar surface area (TPSA) is 60.4 Å². The summed E-state index contributed by atoms with van der Waals surface area (Å²) in [5, 5.41) is 1.71. The smallest absolute Gasteiger partial charge is 0.324 e. The SMILES string of the molecule is COC(=O)[C@@H](C(C)=O)C(=O)c1cccs1. The Morgan fingerprint density at radius 1 is 1.40 bits per heavy atom. The number of thiophene rings is 1. The highest BCUT2D eigenvalue weighted by molar-refractivity contribution is 7.12. The number of ether oxygens (including phenoxy) is 1. The fraction of sp³-hybridized carbons (Fsp3) is 0.300. The van der Waals surface area contributed by atoms with Gasteiger partial charge in [0.05, 0.1) is 12.0 Å². The summed E-state index contributed by atoms with van der Waals surface area (Å²) in [6.07, 6.45) is 0. The van der Waals surface area contributed by atoms with Gasteiger partial charge in [0, 0.05) is 0 Å². The number of hydrogen-bond donors (Lipinski definition) is 0. The molecule has 0 unspecified atom stereocenters. The van der Waals surface area contributed by atoms with Gasteiger partial charge in [-0.25, -0.2) is 0 Å². The van der Waals surface area contributed by atoms with Crippen LogP contribution in [0.3, 0.4) is 0 Å². The molecule has 15 heavy (non-hydrogen) atoms. The van der Waals surface area contributed by atoms with Crippen molar-refractivity contribution in [3.63, 3.8) is 0 Å². The molecular weight excluding hydrogens is 216 g/mol. The Morgan fingerprint density at radius 2 is 2.07 bits per heavy atom. The van der Waals surface area contributed by atoms with Crippen LogP contribution in [0.15, 0.2) is 17.5 Å². The second kappa shape index (κ2) is 4.84. The highest BCUT2D eigenvalue weighted by atomic mass is 32.1. The van der Waals surface area contributed by atoms with Crippen LogP contribution in [0.1, 0.15) is 16.6 Å². The van der Waals surface area contributed by atoms with Crippen LogP contribution in [0.5, 0.6) is 0 Å². The molecule has 0 saturated heterocycles. The van der Waals surface area contributed by atoms with E-state index in [9.17, 15) is 14.4 Å². The molecule has 1 heterocycles. The quantitative estimate of drug-likeness (QED) is 0.441. The number of carbonyl (C=O) groups excluding carboxylic acids is 3.